The first-order valence-corrected chi connectivity index (χ1v) is 9.20. The fourth-order valence-electron chi connectivity index (χ4n) is 3.89. The van der Waals surface area contributed by atoms with Crippen LogP contribution in [0.1, 0.15) is 16.7 Å². The zero-order valence-corrected chi connectivity index (χ0v) is 14.9. The van der Waals surface area contributed by atoms with E-state index in [2.05, 4.69) is 41.0 Å². The van der Waals surface area contributed by atoms with Crippen molar-refractivity contribution in [3.8, 4) is 11.5 Å². The Kier molecular flexibility index (Phi) is 3.85. The topological polar surface area (TPSA) is 59.6 Å². The Labute approximate surface area is 157 Å². The smallest absolute Gasteiger partial charge is 0.239 e. The van der Waals surface area contributed by atoms with Gasteiger partial charge in [-0.2, -0.15) is 0 Å². The van der Waals surface area contributed by atoms with Crippen molar-refractivity contribution in [3.05, 3.63) is 65.2 Å². The zero-order valence-electron chi connectivity index (χ0n) is 14.9. The summed E-state index contributed by atoms with van der Waals surface area (Å²) in [6.07, 6.45) is 2.21. The summed E-state index contributed by atoms with van der Waals surface area (Å²) in [5, 5.41) is 8.79. The molecule has 3 aromatic rings. The lowest BCUT2D eigenvalue weighted by molar-refractivity contribution is -0.119. The van der Waals surface area contributed by atoms with Crippen LogP contribution in [0.4, 0.5) is 5.69 Å². The van der Waals surface area contributed by atoms with Crippen LogP contribution in [0, 0.1) is 0 Å². The number of anilines is 1. The third kappa shape index (κ3) is 2.95. The Balaban J connectivity index is 1.23. The predicted molar refractivity (Wildman–Crippen MR) is 104 cm³/mol. The Morgan fingerprint density at radius 3 is 2.74 bits per heavy atom. The van der Waals surface area contributed by atoms with Crippen LogP contribution in [0.15, 0.2) is 48.5 Å². The van der Waals surface area contributed by atoms with Gasteiger partial charge >= 0.3 is 0 Å². The molecule has 1 heterocycles. The number of nitrogens with one attached hydrogen (secondary N) is 2. The maximum absolute atomic E-state index is 12.3. The molecule has 1 aliphatic heterocycles. The Bertz CT molecular complexity index is 1030. The molecule has 3 aromatic carbocycles. The monoisotopic (exact) mass is 360 g/mol. The van der Waals surface area contributed by atoms with Gasteiger partial charge in [-0.15, -0.1) is 0 Å². The van der Waals surface area contributed by atoms with Gasteiger partial charge in [-0.3, -0.25) is 4.79 Å². The summed E-state index contributed by atoms with van der Waals surface area (Å²) in [6.45, 7) is 0.952. The third-order valence-corrected chi connectivity index (χ3v) is 5.24. The highest BCUT2D eigenvalue weighted by molar-refractivity contribution is 6.00. The van der Waals surface area contributed by atoms with E-state index in [1.165, 1.54) is 21.9 Å². The van der Waals surface area contributed by atoms with Crippen molar-refractivity contribution < 1.29 is 14.3 Å². The summed E-state index contributed by atoms with van der Waals surface area (Å²) >= 11 is 0. The maximum atomic E-state index is 12.3. The summed E-state index contributed by atoms with van der Waals surface area (Å²) < 4.78 is 10.7. The highest BCUT2D eigenvalue weighted by Crippen LogP contribution is 2.35. The standard InChI is InChI=1S/C22H20N2O3/c25-21(24-11-14-4-9-19-20(10-14)27-13-26-19)12-23-18-8-7-16-6-5-15-2-1-3-17(18)22(15)16/h1-4,7-10,23H,5-6,11-13H2,(H,24,25). The van der Waals surface area contributed by atoms with Crippen molar-refractivity contribution >= 4 is 22.4 Å². The highest BCUT2D eigenvalue weighted by Gasteiger charge is 2.16. The van der Waals surface area contributed by atoms with E-state index in [-0.39, 0.29) is 19.2 Å². The second kappa shape index (κ2) is 6.50. The first kappa shape index (κ1) is 16.0. The number of aryl methyl sites for hydroxylation is 2. The molecule has 0 radical (unpaired) electrons. The van der Waals surface area contributed by atoms with Gasteiger partial charge in [0.2, 0.25) is 12.7 Å². The summed E-state index contributed by atoms with van der Waals surface area (Å²) in [5.74, 6) is 1.43. The van der Waals surface area contributed by atoms with E-state index in [1.54, 1.807) is 0 Å². The fraction of sp³-hybridized carbons (Fsp3) is 0.227. The van der Waals surface area contributed by atoms with Gasteiger partial charge in [0.15, 0.2) is 11.5 Å². The van der Waals surface area contributed by atoms with Crippen LogP contribution < -0.4 is 20.1 Å². The van der Waals surface area contributed by atoms with Crippen LogP contribution in [0.5, 0.6) is 11.5 Å². The van der Waals surface area contributed by atoms with Crippen molar-refractivity contribution in [1.29, 1.82) is 0 Å². The molecular weight excluding hydrogens is 340 g/mol. The number of hydrogen-bond donors (Lipinski definition) is 2. The van der Waals surface area contributed by atoms with Crippen LogP contribution in [-0.2, 0) is 24.2 Å². The molecule has 2 aliphatic rings. The Morgan fingerprint density at radius 1 is 0.963 bits per heavy atom. The molecular formula is C22H20N2O3. The Morgan fingerprint density at radius 2 is 1.81 bits per heavy atom. The van der Waals surface area contributed by atoms with Gasteiger partial charge in [0.25, 0.3) is 0 Å². The van der Waals surface area contributed by atoms with E-state index >= 15 is 0 Å². The lowest BCUT2D eigenvalue weighted by Crippen LogP contribution is -2.29. The maximum Gasteiger partial charge on any atom is 0.239 e. The fourth-order valence-corrected chi connectivity index (χ4v) is 3.89. The van der Waals surface area contributed by atoms with Crippen molar-refractivity contribution in [2.45, 2.75) is 19.4 Å². The summed E-state index contributed by atoms with van der Waals surface area (Å²) in [5.41, 5.74) is 4.80. The number of hydrogen-bond acceptors (Lipinski definition) is 4. The van der Waals surface area contributed by atoms with E-state index in [0.717, 1.165) is 35.6 Å². The van der Waals surface area contributed by atoms with Gasteiger partial charge in [-0.05, 0) is 53.1 Å². The molecule has 0 atom stereocenters. The molecule has 0 spiro atoms. The van der Waals surface area contributed by atoms with Gasteiger partial charge in [0.1, 0.15) is 0 Å². The molecule has 5 rings (SSSR count). The third-order valence-electron chi connectivity index (χ3n) is 5.24. The van der Waals surface area contributed by atoms with Crippen LogP contribution in [-0.4, -0.2) is 19.2 Å². The second-order valence-corrected chi connectivity index (χ2v) is 6.93. The number of rotatable bonds is 5. The summed E-state index contributed by atoms with van der Waals surface area (Å²) in [6, 6.07) is 16.4. The van der Waals surface area contributed by atoms with E-state index < -0.39 is 0 Å². The van der Waals surface area contributed by atoms with E-state index in [9.17, 15) is 4.79 Å². The molecule has 5 heteroatoms. The Hall–Kier alpha value is -3.21. The lowest BCUT2D eigenvalue weighted by Gasteiger charge is -2.12. The summed E-state index contributed by atoms with van der Waals surface area (Å²) in [4.78, 5) is 12.3. The zero-order chi connectivity index (χ0) is 18.2. The van der Waals surface area contributed by atoms with Gasteiger partial charge in [-0.25, -0.2) is 0 Å². The van der Waals surface area contributed by atoms with Gasteiger partial charge in [0, 0.05) is 17.6 Å². The molecule has 1 aliphatic carbocycles. The number of carbonyl (C=O) groups is 1. The van der Waals surface area contributed by atoms with E-state index in [0.29, 0.717) is 6.54 Å². The molecule has 0 fully saturated rings. The second-order valence-electron chi connectivity index (χ2n) is 6.93. The predicted octanol–water partition coefficient (Wildman–Crippen LogP) is 3.40. The first-order valence-electron chi connectivity index (χ1n) is 9.20. The van der Waals surface area contributed by atoms with Gasteiger partial charge in [-0.1, -0.05) is 30.3 Å². The summed E-state index contributed by atoms with van der Waals surface area (Å²) in [7, 11) is 0. The lowest BCUT2D eigenvalue weighted by atomic mass is 10.0. The number of amides is 1. The van der Waals surface area contributed by atoms with Gasteiger partial charge < -0.3 is 20.1 Å². The average molecular weight is 360 g/mol. The SMILES string of the molecule is O=C(CNc1ccc2c3c(cccc13)CC2)NCc1ccc2c(c1)OCO2. The minimum atomic E-state index is -0.0454. The van der Waals surface area contributed by atoms with Gasteiger partial charge in [0.05, 0.1) is 6.54 Å². The van der Waals surface area contributed by atoms with E-state index in [4.69, 9.17) is 9.47 Å². The van der Waals surface area contributed by atoms with Crippen LogP contribution in [0.3, 0.4) is 0 Å². The highest BCUT2D eigenvalue weighted by atomic mass is 16.7. The minimum absolute atomic E-state index is 0.0454. The molecule has 5 nitrogen and oxygen atoms in total. The van der Waals surface area contributed by atoms with Crippen molar-refractivity contribution in [2.75, 3.05) is 18.7 Å². The molecule has 1 amide bonds. The first-order chi connectivity index (χ1) is 13.3. The molecule has 0 saturated heterocycles. The molecule has 0 saturated carbocycles. The minimum Gasteiger partial charge on any atom is -0.454 e. The average Bonchev–Trinajstić information content (AvgIpc) is 3.33. The quantitative estimate of drug-likeness (QED) is 0.732. The van der Waals surface area contributed by atoms with Crippen LogP contribution in [0.25, 0.3) is 10.8 Å². The number of carbonyl (C=O) groups excluding carboxylic acids is 1. The molecule has 0 unspecified atom stereocenters. The normalized spacial score (nSPS) is 13.8. The number of fused-ring (bicyclic) bond motifs is 1. The molecule has 2 N–H and O–H groups in total. The molecule has 27 heavy (non-hydrogen) atoms. The number of ether oxygens (including phenoxy) is 2. The van der Waals surface area contributed by atoms with Crippen molar-refractivity contribution in [2.24, 2.45) is 0 Å². The van der Waals surface area contributed by atoms with Crippen LogP contribution >= 0.6 is 0 Å². The molecule has 0 aromatic heterocycles. The van der Waals surface area contributed by atoms with E-state index in [1.807, 2.05) is 18.2 Å². The van der Waals surface area contributed by atoms with Crippen molar-refractivity contribution in [3.63, 3.8) is 0 Å². The molecule has 136 valence electrons. The molecule has 0 bridgehead atoms. The largest absolute Gasteiger partial charge is 0.454 e. The van der Waals surface area contributed by atoms with Crippen LogP contribution in [0.2, 0.25) is 0 Å². The van der Waals surface area contributed by atoms with Crippen molar-refractivity contribution in [1.82, 2.24) is 5.32 Å². The number of benzene rings is 3.